The summed E-state index contributed by atoms with van der Waals surface area (Å²) in [7, 11) is 0. The van der Waals surface area contributed by atoms with Crippen molar-refractivity contribution in [2.75, 3.05) is 13.1 Å². The second-order valence-electron chi connectivity index (χ2n) is 15.0. The minimum atomic E-state index is -0.579. The van der Waals surface area contributed by atoms with Crippen molar-refractivity contribution in [1.29, 1.82) is 0 Å². The first-order valence-corrected chi connectivity index (χ1v) is 18.2. The van der Waals surface area contributed by atoms with Crippen LogP contribution in [0.5, 0.6) is 0 Å². The van der Waals surface area contributed by atoms with Gasteiger partial charge >= 0.3 is 5.97 Å². The SMILES string of the molecule is CC.CC(=O)OC(C)(C)C.CC1/C=C\CC(C)C(C)[C@@H](CC(=O)N2CCCC(Cc3ccc(Cl)cc3)(NC(=O)C(N)C(C)C)C2)CC1. The van der Waals surface area contributed by atoms with Crippen LogP contribution >= 0.6 is 11.6 Å². The lowest BCUT2D eigenvalue weighted by atomic mass is 9.77. The molecule has 0 spiro atoms. The molecule has 3 N–H and O–H groups in total. The monoisotopic (exact) mass is 675 g/mol. The van der Waals surface area contributed by atoms with E-state index in [-0.39, 0.29) is 29.3 Å². The van der Waals surface area contributed by atoms with Gasteiger partial charge in [0.1, 0.15) is 5.60 Å². The fraction of sp³-hybridized carbons (Fsp3) is 0.718. The molecular weight excluding hydrogens is 610 g/mol. The number of hydrogen-bond donors (Lipinski definition) is 2. The highest BCUT2D eigenvalue weighted by Crippen LogP contribution is 2.34. The van der Waals surface area contributed by atoms with Crippen LogP contribution in [-0.2, 0) is 25.5 Å². The second kappa shape index (κ2) is 20.2. The first-order valence-electron chi connectivity index (χ1n) is 17.9. The van der Waals surface area contributed by atoms with Crippen molar-refractivity contribution >= 4 is 29.4 Å². The molecule has 6 atom stereocenters. The number of esters is 1. The number of carbonyl (C=O) groups is 3. The van der Waals surface area contributed by atoms with E-state index in [2.05, 4.69) is 38.2 Å². The highest BCUT2D eigenvalue weighted by Gasteiger charge is 2.40. The summed E-state index contributed by atoms with van der Waals surface area (Å²) in [6.07, 6.45) is 10.8. The molecule has 268 valence electrons. The number of ether oxygens (including phenoxy) is 1. The maximum Gasteiger partial charge on any atom is 0.303 e. The number of nitrogens with zero attached hydrogens (tertiary/aromatic N) is 1. The molecule has 1 heterocycles. The highest BCUT2D eigenvalue weighted by atomic mass is 35.5. The summed E-state index contributed by atoms with van der Waals surface area (Å²) in [6.45, 7) is 23.0. The predicted octanol–water partition coefficient (Wildman–Crippen LogP) is 8.37. The standard InChI is InChI=1S/C31H48ClN3O2.C6H12O2.C2H6/c1-21(2)29(33)30(37)34-31(19-25-11-14-27(32)15-12-25)16-7-17-35(20-31)28(36)18-26-13-10-22(3)8-6-9-23(4)24(26)5;1-5(7)8-6(2,3)4;1-2/h6,8,11-12,14-15,21-24,26,29H,7,9-10,13,16-20,33H2,1-5H3,(H,34,37);1-4H3;1-2H3/b8-6-;;/t22?,23?,24?,26-,29?,31?;;/m1../s1. The zero-order chi connectivity index (χ0) is 35.9. The number of likely N-dealkylation sites (tertiary alicyclic amines) is 1. The highest BCUT2D eigenvalue weighted by molar-refractivity contribution is 6.30. The number of allylic oxidation sites excluding steroid dienone is 2. The fourth-order valence-corrected chi connectivity index (χ4v) is 6.51. The quantitative estimate of drug-likeness (QED) is 0.223. The van der Waals surface area contributed by atoms with E-state index in [0.717, 1.165) is 44.2 Å². The molecule has 8 heteroatoms. The first kappa shape index (κ1) is 42.6. The Bertz CT molecular complexity index is 1130. The molecule has 2 aliphatic rings. The Hall–Kier alpha value is -2.38. The van der Waals surface area contributed by atoms with Crippen molar-refractivity contribution in [3.63, 3.8) is 0 Å². The molecule has 3 rings (SSSR count). The van der Waals surface area contributed by atoms with Gasteiger partial charge in [-0.1, -0.05) is 84.4 Å². The van der Waals surface area contributed by atoms with Gasteiger partial charge in [-0.3, -0.25) is 14.4 Å². The predicted molar refractivity (Wildman–Crippen MR) is 196 cm³/mol. The van der Waals surface area contributed by atoms with Crippen LogP contribution < -0.4 is 11.1 Å². The summed E-state index contributed by atoms with van der Waals surface area (Å²) in [5.41, 5.74) is 6.46. The number of piperidine rings is 1. The van der Waals surface area contributed by atoms with Crippen molar-refractivity contribution in [2.45, 2.75) is 138 Å². The number of amides is 2. The van der Waals surface area contributed by atoms with Crippen LogP contribution in [0, 0.1) is 29.6 Å². The van der Waals surface area contributed by atoms with Gasteiger partial charge in [0.2, 0.25) is 11.8 Å². The van der Waals surface area contributed by atoms with E-state index in [1.165, 1.54) is 6.92 Å². The third-order valence-electron chi connectivity index (χ3n) is 9.29. The van der Waals surface area contributed by atoms with Crippen LogP contribution in [-0.4, -0.2) is 53.0 Å². The maximum absolute atomic E-state index is 13.8. The molecule has 1 fully saturated rings. The van der Waals surface area contributed by atoms with Gasteiger partial charge in [0, 0.05) is 31.5 Å². The van der Waals surface area contributed by atoms with E-state index in [1.54, 1.807) is 0 Å². The molecule has 5 unspecified atom stereocenters. The number of nitrogens with one attached hydrogen (secondary N) is 1. The van der Waals surface area contributed by atoms with Crippen molar-refractivity contribution in [2.24, 2.45) is 35.3 Å². The molecule has 1 aliphatic heterocycles. The van der Waals surface area contributed by atoms with Crippen LogP contribution in [0.4, 0.5) is 0 Å². The molecule has 1 aromatic carbocycles. The Kier molecular flexibility index (Phi) is 18.3. The number of carbonyl (C=O) groups excluding carboxylic acids is 3. The van der Waals surface area contributed by atoms with Gasteiger partial charge in [-0.15, -0.1) is 0 Å². The van der Waals surface area contributed by atoms with E-state index >= 15 is 0 Å². The van der Waals surface area contributed by atoms with Gasteiger partial charge in [-0.25, -0.2) is 0 Å². The summed E-state index contributed by atoms with van der Waals surface area (Å²) in [5.74, 6) is 1.87. The Morgan fingerprint density at radius 1 is 1.09 bits per heavy atom. The minimum absolute atomic E-state index is 0.0395. The fourth-order valence-electron chi connectivity index (χ4n) is 6.39. The number of nitrogens with two attached hydrogens (primary N) is 1. The third-order valence-corrected chi connectivity index (χ3v) is 9.54. The molecule has 0 aromatic heterocycles. The van der Waals surface area contributed by atoms with Gasteiger partial charge in [0.05, 0.1) is 11.6 Å². The minimum Gasteiger partial charge on any atom is -0.460 e. The van der Waals surface area contributed by atoms with E-state index in [1.807, 2.05) is 77.6 Å². The zero-order valence-electron chi connectivity index (χ0n) is 31.3. The lowest BCUT2D eigenvalue weighted by Crippen LogP contribution is -2.63. The lowest BCUT2D eigenvalue weighted by Gasteiger charge is -2.45. The normalized spacial score (nSPS) is 26.1. The van der Waals surface area contributed by atoms with Gasteiger partial charge in [0.25, 0.3) is 0 Å². The Balaban J connectivity index is 0.000000964. The van der Waals surface area contributed by atoms with Crippen LogP contribution in [0.3, 0.4) is 0 Å². The average Bonchev–Trinajstić information content (AvgIpc) is 3.04. The third kappa shape index (κ3) is 15.6. The number of rotatable bonds is 7. The van der Waals surface area contributed by atoms with Gasteiger partial charge < -0.3 is 20.7 Å². The molecule has 1 aromatic rings. The Morgan fingerprint density at radius 3 is 2.23 bits per heavy atom. The van der Waals surface area contributed by atoms with Crippen molar-refractivity contribution < 1.29 is 19.1 Å². The van der Waals surface area contributed by atoms with Crippen LogP contribution in [0.2, 0.25) is 5.02 Å². The van der Waals surface area contributed by atoms with E-state index in [4.69, 9.17) is 22.1 Å². The average molecular weight is 676 g/mol. The Labute approximate surface area is 291 Å². The van der Waals surface area contributed by atoms with Gasteiger partial charge in [-0.05, 0) is 107 Å². The first-order chi connectivity index (χ1) is 21.9. The number of benzene rings is 1. The summed E-state index contributed by atoms with van der Waals surface area (Å²) in [5, 5.41) is 4.00. The van der Waals surface area contributed by atoms with Crippen LogP contribution in [0.15, 0.2) is 36.4 Å². The van der Waals surface area contributed by atoms with Crippen LogP contribution in [0.1, 0.15) is 120 Å². The smallest absolute Gasteiger partial charge is 0.303 e. The number of hydrogen-bond acceptors (Lipinski definition) is 5. The second-order valence-corrected chi connectivity index (χ2v) is 15.4. The molecule has 1 saturated heterocycles. The maximum atomic E-state index is 13.8. The topological polar surface area (TPSA) is 102 Å². The van der Waals surface area contributed by atoms with Gasteiger partial charge in [-0.2, -0.15) is 0 Å². The summed E-state index contributed by atoms with van der Waals surface area (Å²) >= 11 is 6.13. The van der Waals surface area contributed by atoms with Crippen LogP contribution in [0.25, 0.3) is 0 Å². The molecule has 2 amide bonds. The summed E-state index contributed by atoms with van der Waals surface area (Å²) in [4.78, 5) is 39.1. The van der Waals surface area contributed by atoms with Gasteiger partial charge in [0.15, 0.2) is 0 Å². The van der Waals surface area contributed by atoms with Crippen molar-refractivity contribution in [1.82, 2.24) is 10.2 Å². The molecule has 0 saturated carbocycles. The largest absolute Gasteiger partial charge is 0.460 e. The Morgan fingerprint density at radius 2 is 1.70 bits per heavy atom. The van der Waals surface area contributed by atoms with Crippen molar-refractivity contribution in [3.8, 4) is 0 Å². The van der Waals surface area contributed by atoms with E-state index < -0.39 is 11.6 Å². The zero-order valence-corrected chi connectivity index (χ0v) is 32.1. The molecule has 7 nitrogen and oxygen atoms in total. The van der Waals surface area contributed by atoms with E-state index in [9.17, 15) is 14.4 Å². The number of halogens is 1. The molecular formula is C39H66ClN3O4. The molecule has 0 radical (unpaired) electrons. The van der Waals surface area contributed by atoms with Crippen molar-refractivity contribution in [3.05, 3.63) is 47.0 Å². The molecule has 1 aliphatic carbocycles. The molecule has 0 bridgehead atoms. The summed E-state index contributed by atoms with van der Waals surface area (Å²) < 4.78 is 4.80. The summed E-state index contributed by atoms with van der Waals surface area (Å²) in [6, 6.07) is 7.20. The lowest BCUT2D eigenvalue weighted by molar-refractivity contribution is -0.151. The molecule has 47 heavy (non-hydrogen) atoms. The van der Waals surface area contributed by atoms with E-state index in [0.29, 0.717) is 48.1 Å².